The number of nitrogens with zero attached hydrogens (tertiary/aromatic N) is 1. The number of fused-ring (bicyclic) bond motifs is 1. The lowest BCUT2D eigenvalue weighted by Gasteiger charge is -2.30. The zero-order valence-corrected chi connectivity index (χ0v) is 12.0. The third-order valence-electron chi connectivity index (χ3n) is 3.73. The number of aliphatic hydroxyl groups is 1. The van der Waals surface area contributed by atoms with Gasteiger partial charge in [0.25, 0.3) is 0 Å². The minimum atomic E-state index is -0.0977. The molecule has 1 atom stereocenters. The number of phenolic OH excluding ortho intramolecular Hbond substituents is 2. The van der Waals surface area contributed by atoms with Gasteiger partial charge in [0.1, 0.15) is 0 Å². The van der Waals surface area contributed by atoms with E-state index in [-0.39, 0.29) is 24.0 Å². The van der Waals surface area contributed by atoms with Gasteiger partial charge in [0.2, 0.25) is 0 Å². The Bertz CT molecular complexity index is 638. The van der Waals surface area contributed by atoms with Crippen LogP contribution in [0.15, 0.2) is 24.3 Å². The molecule has 0 aliphatic carbocycles. The van der Waals surface area contributed by atoms with Crippen LogP contribution in [0.3, 0.4) is 0 Å². The molecule has 1 aromatic heterocycles. The predicted molar refractivity (Wildman–Crippen MR) is 78.2 cm³/mol. The Morgan fingerprint density at radius 1 is 1.25 bits per heavy atom. The number of hydrogen-bond donors (Lipinski definition) is 3. The van der Waals surface area contributed by atoms with Crippen molar-refractivity contribution in [1.82, 2.24) is 4.90 Å². The third-order valence-corrected chi connectivity index (χ3v) is 4.85. The monoisotopic (exact) mass is 291 g/mol. The Kier molecular flexibility index (Phi) is 3.41. The average molecular weight is 291 g/mol. The summed E-state index contributed by atoms with van der Waals surface area (Å²) in [7, 11) is 2.06. The molecule has 0 radical (unpaired) electrons. The summed E-state index contributed by atoms with van der Waals surface area (Å²) < 4.78 is 0. The molecule has 1 unspecified atom stereocenters. The van der Waals surface area contributed by atoms with Crippen molar-refractivity contribution in [3.8, 4) is 11.5 Å². The average Bonchev–Trinajstić information content (AvgIpc) is 2.83. The molecule has 1 aromatic carbocycles. The molecule has 20 heavy (non-hydrogen) atoms. The van der Waals surface area contributed by atoms with Crippen LogP contribution in [-0.2, 0) is 13.2 Å². The quantitative estimate of drug-likeness (QED) is 0.743. The van der Waals surface area contributed by atoms with Crippen molar-refractivity contribution in [2.45, 2.75) is 19.1 Å². The molecule has 3 N–H and O–H groups in total. The molecule has 106 valence electrons. The second kappa shape index (κ2) is 5.09. The van der Waals surface area contributed by atoms with Gasteiger partial charge in [0.05, 0.1) is 6.61 Å². The van der Waals surface area contributed by atoms with E-state index in [9.17, 15) is 15.3 Å². The Hall–Kier alpha value is -1.56. The zero-order chi connectivity index (χ0) is 14.3. The molecule has 0 bridgehead atoms. The van der Waals surface area contributed by atoms with Crippen molar-refractivity contribution in [2.75, 3.05) is 13.6 Å². The first-order chi connectivity index (χ1) is 9.58. The maximum absolute atomic E-state index is 9.70. The summed E-state index contributed by atoms with van der Waals surface area (Å²) in [6, 6.07) is 7.05. The van der Waals surface area contributed by atoms with Gasteiger partial charge in [-0.15, -0.1) is 11.3 Å². The Balaban J connectivity index is 2.05. The molecule has 0 saturated carbocycles. The summed E-state index contributed by atoms with van der Waals surface area (Å²) in [5, 5.41) is 28.4. The molecule has 0 amide bonds. The van der Waals surface area contributed by atoms with Gasteiger partial charge in [0, 0.05) is 28.8 Å². The van der Waals surface area contributed by atoms with E-state index in [1.54, 1.807) is 17.4 Å². The van der Waals surface area contributed by atoms with Gasteiger partial charge < -0.3 is 20.2 Å². The van der Waals surface area contributed by atoms with E-state index in [1.807, 2.05) is 6.07 Å². The van der Waals surface area contributed by atoms with E-state index in [1.165, 1.54) is 16.5 Å². The van der Waals surface area contributed by atoms with Crippen molar-refractivity contribution in [1.29, 1.82) is 0 Å². The van der Waals surface area contributed by atoms with Gasteiger partial charge >= 0.3 is 0 Å². The first kappa shape index (κ1) is 13.4. The maximum Gasteiger partial charge on any atom is 0.157 e. The van der Waals surface area contributed by atoms with Crippen LogP contribution in [0.25, 0.3) is 0 Å². The molecular formula is C15H17NO3S. The van der Waals surface area contributed by atoms with Gasteiger partial charge in [0.15, 0.2) is 11.5 Å². The second-order valence-electron chi connectivity index (χ2n) is 5.25. The number of likely N-dealkylation sites (N-methyl/N-ethyl adjacent to an activating group) is 1. The fraction of sp³-hybridized carbons (Fsp3) is 0.333. The summed E-state index contributed by atoms with van der Waals surface area (Å²) in [4.78, 5) is 4.47. The van der Waals surface area contributed by atoms with E-state index in [4.69, 9.17) is 0 Å². The molecule has 3 rings (SSSR count). The molecular weight excluding hydrogens is 274 g/mol. The number of phenols is 2. The maximum atomic E-state index is 9.70. The number of hydrogen-bond acceptors (Lipinski definition) is 5. The van der Waals surface area contributed by atoms with Crippen molar-refractivity contribution < 1.29 is 15.3 Å². The molecule has 1 aliphatic heterocycles. The molecule has 2 aromatic rings. The molecule has 0 saturated heterocycles. The summed E-state index contributed by atoms with van der Waals surface area (Å²) in [6.45, 7) is 1.81. The van der Waals surface area contributed by atoms with Crippen molar-refractivity contribution in [3.63, 3.8) is 0 Å². The van der Waals surface area contributed by atoms with Crippen LogP contribution in [0.5, 0.6) is 11.5 Å². The van der Waals surface area contributed by atoms with Crippen LogP contribution in [0, 0.1) is 0 Å². The minimum Gasteiger partial charge on any atom is -0.504 e. The summed E-state index contributed by atoms with van der Waals surface area (Å²) >= 11 is 1.64. The highest BCUT2D eigenvalue weighted by Gasteiger charge is 2.27. The Morgan fingerprint density at radius 3 is 2.75 bits per heavy atom. The van der Waals surface area contributed by atoms with Crippen LogP contribution in [0.4, 0.5) is 0 Å². The highest BCUT2D eigenvalue weighted by atomic mass is 32.1. The fourth-order valence-corrected chi connectivity index (χ4v) is 3.93. The molecule has 2 heterocycles. The smallest absolute Gasteiger partial charge is 0.157 e. The number of benzene rings is 1. The highest BCUT2D eigenvalue weighted by Crippen LogP contribution is 2.39. The topological polar surface area (TPSA) is 63.9 Å². The standard InChI is InChI=1S/C15H17NO3S/c1-16-6-12(9-2-3-13(18)14(19)4-9)11-5-10(8-17)20-15(11)7-16/h2-5,12,17-19H,6-8H2,1H3. The van der Waals surface area contributed by atoms with Gasteiger partial charge in [-0.05, 0) is 36.4 Å². The lowest BCUT2D eigenvalue weighted by molar-refractivity contribution is 0.285. The first-order valence-corrected chi connectivity index (χ1v) is 7.33. The van der Waals surface area contributed by atoms with E-state index >= 15 is 0 Å². The first-order valence-electron chi connectivity index (χ1n) is 6.51. The van der Waals surface area contributed by atoms with Crippen LogP contribution < -0.4 is 0 Å². The lowest BCUT2D eigenvalue weighted by atomic mass is 9.88. The van der Waals surface area contributed by atoms with Crippen LogP contribution in [0.1, 0.15) is 26.8 Å². The van der Waals surface area contributed by atoms with Crippen LogP contribution >= 0.6 is 11.3 Å². The van der Waals surface area contributed by atoms with Crippen molar-refractivity contribution in [3.05, 3.63) is 45.1 Å². The zero-order valence-electron chi connectivity index (χ0n) is 11.2. The summed E-state index contributed by atoms with van der Waals surface area (Å²) in [5.41, 5.74) is 2.21. The van der Waals surface area contributed by atoms with Gasteiger partial charge in [-0.25, -0.2) is 0 Å². The molecule has 0 spiro atoms. The Labute approximate surface area is 121 Å². The van der Waals surface area contributed by atoms with Gasteiger partial charge in [-0.1, -0.05) is 6.07 Å². The number of rotatable bonds is 2. The molecule has 5 heteroatoms. The van der Waals surface area contributed by atoms with Crippen molar-refractivity contribution >= 4 is 11.3 Å². The fourth-order valence-electron chi connectivity index (χ4n) is 2.76. The molecule has 4 nitrogen and oxygen atoms in total. The van der Waals surface area contributed by atoms with E-state index in [0.29, 0.717) is 0 Å². The second-order valence-corrected chi connectivity index (χ2v) is 6.47. The SMILES string of the molecule is CN1Cc2sc(CO)cc2C(c2ccc(O)c(O)c2)C1. The van der Waals surface area contributed by atoms with Crippen molar-refractivity contribution in [2.24, 2.45) is 0 Å². The number of aromatic hydroxyl groups is 2. The van der Waals surface area contributed by atoms with Crippen LogP contribution in [0.2, 0.25) is 0 Å². The minimum absolute atomic E-state index is 0.0644. The predicted octanol–water partition coefficient (Wildman–Crippen LogP) is 2.23. The van der Waals surface area contributed by atoms with E-state index in [0.717, 1.165) is 23.5 Å². The normalized spacial score (nSPS) is 19.0. The van der Waals surface area contributed by atoms with E-state index < -0.39 is 0 Å². The largest absolute Gasteiger partial charge is 0.504 e. The summed E-state index contributed by atoms with van der Waals surface area (Å²) in [5.74, 6) is -0.0267. The van der Waals surface area contributed by atoms with Gasteiger partial charge in [-0.2, -0.15) is 0 Å². The highest BCUT2D eigenvalue weighted by molar-refractivity contribution is 7.12. The molecule has 1 aliphatic rings. The third kappa shape index (κ3) is 2.28. The number of aliphatic hydroxyl groups excluding tert-OH is 1. The van der Waals surface area contributed by atoms with Crippen LogP contribution in [-0.4, -0.2) is 33.8 Å². The van der Waals surface area contributed by atoms with E-state index in [2.05, 4.69) is 18.0 Å². The summed E-state index contributed by atoms with van der Waals surface area (Å²) in [6.07, 6.45) is 0. The lowest BCUT2D eigenvalue weighted by Crippen LogP contribution is -2.29. The number of thiophene rings is 1. The molecule has 0 fully saturated rings. The Morgan fingerprint density at radius 2 is 2.05 bits per heavy atom. The van der Waals surface area contributed by atoms with Gasteiger partial charge in [-0.3, -0.25) is 0 Å².